The van der Waals surface area contributed by atoms with Crippen molar-refractivity contribution in [2.45, 2.75) is 41.0 Å². The first kappa shape index (κ1) is 16.2. The minimum Gasteiger partial charge on any atom is -0.455 e. The summed E-state index contributed by atoms with van der Waals surface area (Å²) in [7, 11) is 0. The summed E-state index contributed by atoms with van der Waals surface area (Å²) in [5.74, 6) is 0. The Morgan fingerprint density at radius 3 is 2.69 bits per heavy atom. The second-order valence-corrected chi connectivity index (χ2v) is 9.91. The summed E-state index contributed by atoms with van der Waals surface area (Å²) in [4.78, 5) is 5.91. The lowest BCUT2D eigenvalue weighted by molar-refractivity contribution is 0.411. The third-order valence-electron chi connectivity index (χ3n) is 5.36. The Kier molecular flexibility index (Phi) is 3.59. The van der Waals surface area contributed by atoms with Gasteiger partial charge in [0.15, 0.2) is 0 Å². The molecule has 3 aromatic heterocycles. The predicted octanol–water partition coefficient (Wildman–Crippen LogP) is 8.07. The smallest absolute Gasteiger partial charge is 0.144 e. The highest BCUT2D eigenvalue weighted by Gasteiger charge is 2.18. The number of furan rings is 1. The molecule has 2 nitrogen and oxygen atoms in total. The molecule has 3 heteroatoms. The zero-order valence-corrected chi connectivity index (χ0v) is 18.2. The molecule has 146 valence electrons. The Morgan fingerprint density at radius 1 is 1.07 bits per heavy atom. The number of nitrogens with zero attached hydrogens (tertiary/aromatic N) is 1. The van der Waals surface area contributed by atoms with Crippen LogP contribution in [0.5, 0.6) is 0 Å². The summed E-state index contributed by atoms with van der Waals surface area (Å²) >= 11 is 1.81. The molecular weight excluding hydrogens is 374 g/mol. The number of benzene rings is 2. The van der Waals surface area contributed by atoms with Crippen LogP contribution in [0.25, 0.3) is 43.3 Å². The van der Waals surface area contributed by atoms with Crippen LogP contribution in [0.15, 0.2) is 53.1 Å². The van der Waals surface area contributed by atoms with Crippen LogP contribution in [0.3, 0.4) is 0 Å². The van der Waals surface area contributed by atoms with Gasteiger partial charge < -0.3 is 4.42 Å². The van der Waals surface area contributed by atoms with E-state index in [4.69, 9.17) is 7.16 Å². The number of aromatic nitrogens is 1. The van der Waals surface area contributed by atoms with Gasteiger partial charge in [-0.2, -0.15) is 0 Å². The van der Waals surface area contributed by atoms with Crippen LogP contribution < -0.4 is 0 Å². The zero-order chi connectivity index (χ0) is 22.1. The molecule has 3 heterocycles. The van der Waals surface area contributed by atoms with Crippen LogP contribution in [-0.2, 0) is 6.37 Å². The number of hydrogen-bond acceptors (Lipinski definition) is 3. The van der Waals surface area contributed by atoms with Crippen LogP contribution in [0.4, 0.5) is 0 Å². The van der Waals surface area contributed by atoms with Crippen molar-refractivity contribution in [3.05, 3.63) is 64.7 Å². The number of pyridine rings is 1. The van der Waals surface area contributed by atoms with E-state index in [2.05, 4.69) is 37.0 Å². The maximum Gasteiger partial charge on any atom is 0.144 e. The quantitative estimate of drug-likeness (QED) is 0.299. The Morgan fingerprint density at radius 2 is 1.90 bits per heavy atom. The lowest BCUT2D eigenvalue weighted by Crippen LogP contribution is -2.09. The summed E-state index contributed by atoms with van der Waals surface area (Å²) in [5, 5.41) is 3.50. The predicted molar refractivity (Wildman–Crippen MR) is 125 cm³/mol. The van der Waals surface area contributed by atoms with Gasteiger partial charge in [-0.15, -0.1) is 11.3 Å². The molecule has 0 saturated heterocycles. The molecular formula is C26H25NOS. The van der Waals surface area contributed by atoms with E-state index >= 15 is 0 Å². The van der Waals surface area contributed by atoms with E-state index < -0.39 is 11.8 Å². The minimum absolute atomic E-state index is 0.530. The molecule has 0 amide bonds. The molecule has 29 heavy (non-hydrogen) atoms. The third kappa shape index (κ3) is 3.05. The van der Waals surface area contributed by atoms with Crippen molar-refractivity contribution in [3.63, 3.8) is 0 Å². The lowest BCUT2D eigenvalue weighted by atomic mass is 9.88. The van der Waals surface area contributed by atoms with Crippen molar-refractivity contribution in [2.24, 2.45) is 5.41 Å². The zero-order valence-electron chi connectivity index (χ0n) is 19.4. The summed E-state index contributed by atoms with van der Waals surface area (Å²) in [6.07, 6.45) is 0.213. The summed E-state index contributed by atoms with van der Waals surface area (Å²) in [6.45, 7) is 10.1. The molecule has 0 atom stereocenters. The fourth-order valence-corrected chi connectivity index (χ4v) is 5.18. The van der Waals surface area contributed by atoms with E-state index in [1.54, 1.807) is 12.3 Å². The van der Waals surface area contributed by atoms with Gasteiger partial charge in [-0.3, -0.25) is 4.98 Å². The van der Waals surface area contributed by atoms with Crippen molar-refractivity contribution >= 4 is 43.4 Å². The van der Waals surface area contributed by atoms with E-state index in [-0.39, 0.29) is 0 Å². The molecule has 0 radical (unpaired) electrons. The molecule has 2 aromatic carbocycles. The maximum absolute atomic E-state index is 8.66. The highest BCUT2D eigenvalue weighted by Crippen LogP contribution is 2.42. The monoisotopic (exact) mass is 401 g/mol. The largest absolute Gasteiger partial charge is 0.455 e. The van der Waals surface area contributed by atoms with Gasteiger partial charge in [0.25, 0.3) is 0 Å². The molecule has 0 aliphatic rings. The average molecular weight is 402 g/mol. The van der Waals surface area contributed by atoms with Gasteiger partial charge in [-0.25, -0.2) is 0 Å². The minimum atomic E-state index is -1.48. The van der Waals surface area contributed by atoms with Gasteiger partial charge in [-0.05, 0) is 72.5 Å². The van der Waals surface area contributed by atoms with Crippen LogP contribution in [0.2, 0.25) is 0 Å². The number of thiophene rings is 1. The number of fused-ring (bicyclic) bond motifs is 5. The van der Waals surface area contributed by atoms with Crippen molar-refractivity contribution in [1.29, 1.82) is 0 Å². The molecule has 0 fully saturated rings. The molecule has 0 aliphatic carbocycles. The second-order valence-electron chi connectivity index (χ2n) is 8.69. The first-order valence-corrected chi connectivity index (χ1v) is 10.7. The van der Waals surface area contributed by atoms with Gasteiger partial charge >= 0.3 is 0 Å². The molecule has 5 aromatic rings. The van der Waals surface area contributed by atoms with Crippen LogP contribution >= 0.6 is 11.3 Å². The Hall–Kier alpha value is -2.65. The maximum atomic E-state index is 8.66. The Bertz CT molecular complexity index is 1470. The number of aryl methyl sites for hydroxylation is 2. The molecule has 0 N–H and O–H groups in total. The molecule has 0 unspecified atom stereocenters. The van der Waals surface area contributed by atoms with E-state index in [0.717, 1.165) is 33.2 Å². The van der Waals surface area contributed by atoms with Crippen LogP contribution in [0.1, 0.15) is 39.5 Å². The number of para-hydroxylation sites is 1. The van der Waals surface area contributed by atoms with E-state index in [1.165, 1.54) is 20.5 Å². The fourth-order valence-electron chi connectivity index (χ4n) is 3.97. The lowest BCUT2D eigenvalue weighted by Gasteiger charge is -2.18. The first-order valence-electron chi connectivity index (χ1n) is 10.9. The molecule has 0 aliphatic heterocycles. The van der Waals surface area contributed by atoms with Crippen LogP contribution in [-0.4, -0.2) is 4.98 Å². The molecule has 0 spiro atoms. The SMILES string of the molecule is [2H]C([2H])(c1ccnc(-c2cccc3c2oc2ccc4c(C)c(C)sc4c23)c1)C(C)(C)C. The van der Waals surface area contributed by atoms with E-state index in [0.29, 0.717) is 5.56 Å². The Balaban J connectivity index is 1.78. The van der Waals surface area contributed by atoms with E-state index in [9.17, 15) is 0 Å². The molecule has 0 bridgehead atoms. The average Bonchev–Trinajstić information content (AvgIpc) is 3.24. The summed E-state index contributed by atoms with van der Waals surface area (Å²) < 4.78 is 24.9. The van der Waals surface area contributed by atoms with Crippen molar-refractivity contribution in [1.82, 2.24) is 4.98 Å². The van der Waals surface area contributed by atoms with Gasteiger partial charge in [0.1, 0.15) is 11.2 Å². The highest BCUT2D eigenvalue weighted by atomic mass is 32.1. The first-order chi connectivity index (χ1) is 14.6. The van der Waals surface area contributed by atoms with Gasteiger partial charge in [0.2, 0.25) is 0 Å². The van der Waals surface area contributed by atoms with Gasteiger partial charge in [-0.1, -0.05) is 32.9 Å². The second kappa shape index (κ2) is 6.43. The van der Waals surface area contributed by atoms with Crippen molar-refractivity contribution in [2.75, 3.05) is 0 Å². The standard InChI is InChI=1S/C26H25NOS/c1-15-16(2)29-25-18(15)9-10-22-23(25)20-8-6-7-19(24(20)28-22)21-13-17(11-12-27-21)14-26(3,4)5/h6-13H,14H2,1-5H3/i14D2. The topological polar surface area (TPSA) is 26.0 Å². The molecule has 5 rings (SSSR count). The highest BCUT2D eigenvalue weighted by molar-refractivity contribution is 7.20. The summed E-state index contributed by atoms with van der Waals surface area (Å²) in [5.41, 5.74) is 4.71. The van der Waals surface area contributed by atoms with E-state index in [1.807, 2.05) is 50.3 Å². The number of hydrogen-bond donors (Lipinski definition) is 0. The third-order valence-corrected chi connectivity index (χ3v) is 6.60. The number of rotatable bonds is 2. The van der Waals surface area contributed by atoms with Crippen molar-refractivity contribution in [3.8, 4) is 11.3 Å². The van der Waals surface area contributed by atoms with Gasteiger partial charge in [0, 0.05) is 34.9 Å². The Labute approximate surface area is 178 Å². The van der Waals surface area contributed by atoms with Gasteiger partial charge in [0.05, 0.1) is 5.69 Å². The fraction of sp³-hybridized carbons (Fsp3) is 0.269. The normalized spacial score (nSPS) is 14.0. The van der Waals surface area contributed by atoms with Crippen molar-refractivity contribution < 1.29 is 7.16 Å². The van der Waals surface area contributed by atoms with Crippen LogP contribution in [0, 0.1) is 19.3 Å². The molecule has 0 saturated carbocycles. The summed E-state index contributed by atoms with van der Waals surface area (Å²) in [6, 6.07) is 14.0.